The van der Waals surface area contributed by atoms with Gasteiger partial charge in [0.05, 0.1) is 23.0 Å². The number of aromatic hydroxyl groups is 1. The molecule has 4 bridgehead atoms. The minimum Gasteiger partial charge on any atom is -0.507 e. The van der Waals surface area contributed by atoms with Crippen molar-refractivity contribution in [3.8, 4) is 40.1 Å². The minimum absolute atomic E-state index is 0.00148. The quantitative estimate of drug-likeness (QED) is 0.108. The number of nitrogens with two attached hydrogens (primary N) is 1. The van der Waals surface area contributed by atoms with Crippen LogP contribution in [-0.2, 0) is 31.0 Å². The monoisotopic (exact) mass is 872 g/mol. The number of hydrogen-bond acceptors (Lipinski definition) is 12. The third-order valence-electron chi connectivity index (χ3n) is 11.4. The number of nitrogens with one attached hydrogen (secondary N) is 5. The normalized spacial score (nSPS) is 18.2. The van der Waals surface area contributed by atoms with Gasteiger partial charge < -0.3 is 47.1 Å². The molecule has 2 aliphatic rings. The number of fused-ring (bicyclic) bond motifs is 5. The number of nitrogens with zero attached hydrogens (tertiary/aromatic N) is 4. The molecular weight excluding hydrogens is 817 g/mol. The molecule has 336 valence electrons. The van der Waals surface area contributed by atoms with E-state index in [0.717, 1.165) is 11.1 Å². The Morgan fingerprint density at radius 3 is 2.28 bits per heavy atom. The summed E-state index contributed by atoms with van der Waals surface area (Å²) in [6, 6.07) is 14.4. The third kappa shape index (κ3) is 10.5. The van der Waals surface area contributed by atoms with Crippen LogP contribution in [0.1, 0.15) is 78.6 Å². The Morgan fingerprint density at radius 2 is 1.67 bits per heavy atom. The Balaban J connectivity index is 1.36. The number of hydrogen-bond donors (Lipinski definition) is 7. The zero-order valence-corrected chi connectivity index (χ0v) is 37.2. The summed E-state index contributed by atoms with van der Waals surface area (Å²) in [6.45, 7) is 12.1. The fourth-order valence-electron chi connectivity index (χ4n) is 7.70. The van der Waals surface area contributed by atoms with E-state index in [4.69, 9.17) is 15.7 Å². The lowest BCUT2D eigenvalue weighted by Gasteiger charge is -2.33. The van der Waals surface area contributed by atoms with Gasteiger partial charge in [-0.25, -0.2) is 9.97 Å². The van der Waals surface area contributed by atoms with E-state index in [1.54, 1.807) is 44.2 Å². The maximum atomic E-state index is 14.7. The SMILES string of the molecule is Cc1nc(-c2ccc(C(C)(C)C)cc2)nc(C)c1C(=O)NC(CCN)C(=O)N(C)[C@@H]1C(=O)N[C@@H](C)C(=O)N[C@H](C(=O)NCC#N)Cc2ccc(O)c(c2)-c2cc1ccc2OC1CNC1. The predicted octanol–water partition coefficient (Wildman–Crippen LogP) is 2.61. The molecule has 4 aromatic rings. The molecule has 1 fully saturated rings. The van der Waals surface area contributed by atoms with Crippen LogP contribution in [0.2, 0.25) is 0 Å². The van der Waals surface area contributed by atoms with Crippen molar-refractivity contribution in [1.82, 2.24) is 41.5 Å². The van der Waals surface area contributed by atoms with E-state index in [9.17, 15) is 29.1 Å². The molecule has 0 radical (unpaired) electrons. The molecule has 4 atom stereocenters. The molecule has 6 rings (SSSR count). The maximum Gasteiger partial charge on any atom is 0.255 e. The molecule has 2 aliphatic heterocycles. The number of carbonyl (C=O) groups is 5. The fourth-order valence-corrected chi connectivity index (χ4v) is 7.70. The number of benzene rings is 3. The number of likely N-dealkylation sites (N-methyl/N-ethyl adjacent to an activating group) is 1. The van der Waals surface area contributed by atoms with Crippen LogP contribution in [0.15, 0.2) is 60.7 Å². The minimum atomic E-state index is -1.41. The van der Waals surface area contributed by atoms with E-state index in [0.29, 0.717) is 58.3 Å². The summed E-state index contributed by atoms with van der Waals surface area (Å²) in [4.78, 5) is 80.6. The highest BCUT2D eigenvalue weighted by atomic mass is 16.5. The van der Waals surface area contributed by atoms with Gasteiger partial charge in [-0.05, 0) is 80.1 Å². The van der Waals surface area contributed by atoms with Crippen LogP contribution >= 0.6 is 0 Å². The molecule has 1 saturated heterocycles. The van der Waals surface area contributed by atoms with Crippen LogP contribution in [-0.4, -0.2) is 107 Å². The fraction of sp³-hybridized carbons (Fsp3) is 0.404. The zero-order valence-electron chi connectivity index (χ0n) is 37.2. The van der Waals surface area contributed by atoms with Gasteiger partial charge in [-0.2, -0.15) is 5.26 Å². The second kappa shape index (κ2) is 19.7. The van der Waals surface area contributed by atoms with Crippen LogP contribution in [0.25, 0.3) is 22.5 Å². The van der Waals surface area contributed by atoms with E-state index in [-0.39, 0.29) is 48.8 Å². The van der Waals surface area contributed by atoms with Crippen molar-refractivity contribution in [3.63, 3.8) is 0 Å². The molecule has 1 aromatic heterocycles. The van der Waals surface area contributed by atoms with E-state index in [2.05, 4.69) is 57.3 Å². The summed E-state index contributed by atoms with van der Waals surface area (Å²) in [7, 11) is 1.41. The number of aryl methyl sites for hydroxylation is 2. The number of carbonyl (C=O) groups excluding carboxylic acids is 5. The highest BCUT2D eigenvalue weighted by Crippen LogP contribution is 2.40. The first-order valence-corrected chi connectivity index (χ1v) is 21.2. The van der Waals surface area contributed by atoms with Crippen molar-refractivity contribution in [2.45, 2.75) is 90.1 Å². The zero-order chi connectivity index (χ0) is 46.5. The van der Waals surface area contributed by atoms with Gasteiger partial charge in [0.1, 0.15) is 48.3 Å². The van der Waals surface area contributed by atoms with Gasteiger partial charge in [0.2, 0.25) is 23.6 Å². The van der Waals surface area contributed by atoms with Crippen molar-refractivity contribution in [1.29, 1.82) is 5.26 Å². The Bertz CT molecular complexity index is 2450. The van der Waals surface area contributed by atoms with Gasteiger partial charge in [0.15, 0.2) is 5.82 Å². The van der Waals surface area contributed by atoms with Crippen LogP contribution in [0.4, 0.5) is 0 Å². The summed E-state index contributed by atoms with van der Waals surface area (Å²) in [5.74, 6) is -2.66. The third-order valence-corrected chi connectivity index (χ3v) is 11.4. The first kappa shape index (κ1) is 46.6. The van der Waals surface area contributed by atoms with Crippen LogP contribution in [0.5, 0.6) is 11.5 Å². The van der Waals surface area contributed by atoms with Gasteiger partial charge in [-0.15, -0.1) is 0 Å². The molecule has 3 heterocycles. The molecule has 1 unspecified atom stereocenters. The summed E-state index contributed by atoms with van der Waals surface area (Å²) in [6.07, 6.45) is -0.195. The van der Waals surface area contributed by atoms with Crippen molar-refractivity contribution in [2.75, 3.05) is 33.2 Å². The molecule has 8 N–H and O–H groups in total. The first-order valence-electron chi connectivity index (χ1n) is 21.2. The molecule has 0 saturated carbocycles. The molecular formula is C47H56N10O7. The highest BCUT2D eigenvalue weighted by Gasteiger charge is 2.37. The van der Waals surface area contributed by atoms with Crippen LogP contribution in [0.3, 0.4) is 0 Å². The predicted molar refractivity (Wildman–Crippen MR) is 239 cm³/mol. The van der Waals surface area contributed by atoms with Crippen molar-refractivity contribution < 1.29 is 33.8 Å². The Labute approximate surface area is 372 Å². The number of rotatable bonds is 11. The number of aromatic nitrogens is 2. The molecule has 0 spiro atoms. The van der Waals surface area contributed by atoms with Gasteiger partial charge in [0.25, 0.3) is 5.91 Å². The Hall–Kier alpha value is -6.90. The summed E-state index contributed by atoms with van der Waals surface area (Å²) in [5.41, 5.74) is 10.4. The first-order chi connectivity index (χ1) is 30.4. The molecule has 5 amide bonds. The molecule has 0 aliphatic carbocycles. The number of amides is 5. The van der Waals surface area contributed by atoms with E-state index in [1.807, 2.05) is 30.3 Å². The molecule has 3 aromatic carbocycles. The maximum absolute atomic E-state index is 14.7. The van der Waals surface area contributed by atoms with E-state index in [1.165, 1.54) is 24.9 Å². The lowest BCUT2D eigenvalue weighted by Crippen LogP contribution is -2.56. The molecule has 17 nitrogen and oxygen atoms in total. The average Bonchev–Trinajstić information content (AvgIpc) is 3.23. The summed E-state index contributed by atoms with van der Waals surface area (Å²) >= 11 is 0. The van der Waals surface area contributed by atoms with Crippen molar-refractivity contribution >= 4 is 29.5 Å². The summed E-state index contributed by atoms with van der Waals surface area (Å²) < 4.78 is 6.33. The lowest BCUT2D eigenvalue weighted by atomic mass is 9.86. The standard InChI is InChI=1S/C47H56N10O7/c1-25-39(26(2)53-41(52-25)29-9-12-31(13-10-29)47(4,5)6)44(61)55-35(16-17-48)46(63)57(7)40-30-11-15-38(64-32-23-50-24-32)34(22-30)33-20-28(8-14-37(33)58)21-36(43(60)51-19-18-49)56-42(59)27(3)54-45(40)62/h8-15,20,22,27,32,35-36,40,50,58H,16-17,19,21,23-24,48H2,1-7H3,(H,51,60)(H,54,62)(H,55,61)(H,56,59)/t27-,35?,36-,40-/m0/s1. The van der Waals surface area contributed by atoms with E-state index >= 15 is 0 Å². The van der Waals surface area contributed by atoms with E-state index < -0.39 is 53.7 Å². The lowest BCUT2D eigenvalue weighted by molar-refractivity contribution is -0.141. The molecule has 64 heavy (non-hydrogen) atoms. The second-order valence-corrected chi connectivity index (χ2v) is 17.3. The van der Waals surface area contributed by atoms with Crippen molar-refractivity contribution in [3.05, 3.63) is 94.3 Å². The number of phenols is 1. The second-order valence-electron chi connectivity index (χ2n) is 17.3. The van der Waals surface area contributed by atoms with Gasteiger partial charge in [0, 0.05) is 43.2 Å². The van der Waals surface area contributed by atoms with Gasteiger partial charge in [-0.1, -0.05) is 57.2 Å². The van der Waals surface area contributed by atoms with Gasteiger partial charge >= 0.3 is 0 Å². The highest BCUT2D eigenvalue weighted by molar-refractivity contribution is 6.00. The summed E-state index contributed by atoms with van der Waals surface area (Å²) in [5, 5.41) is 34.3. The Kier molecular flexibility index (Phi) is 14.3. The Morgan fingerprint density at radius 1 is 0.984 bits per heavy atom. The largest absolute Gasteiger partial charge is 0.507 e. The number of ether oxygens (including phenoxy) is 1. The van der Waals surface area contributed by atoms with Gasteiger partial charge in [-0.3, -0.25) is 24.0 Å². The average molecular weight is 873 g/mol. The van der Waals surface area contributed by atoms with Crippen molar-refractivity contribution in [2.24, 2.45) is 5.73 Å². The number of nitriles is 1. The van der Waals surface area contributed by atoms with Crippen LogP contribution < -0.4 is 37.1 Å². The van der Waals surface area contributed by atoms with Crippen LogP contribution in [0, 0.1) is 25.2 Å². The number of phenolic OH excluding ortho intramolecular Hbond substituents is 1. The molecule has 17 heteroatoms. The smallest absolute Gasteiger partial charge is 0.255 e. The topological polar surface area (TPSA) is 254 Å².